The molecule has 0 spiro atoms. The number of nitrogens with zero attached hydrogens (tertiary/aromatic N) is 1. The summed E-state index contributed by atoms with van der Waals surface area (Å²) in [7, 11) is 0. The lowest BCUT2D eigenvalue weighted by Crippen LogP contribution is -2.44. The molecule has 0 aliphatic heterocycles. The topological polar surface area (TPSA) is 109 Å². The Hall–Kier alpha value is -2.61. The second-order valence-corrected chi connectivity index (χ2v) is 8.22. The van der Waals surface area contributed by atoms with Gasteiger partial charge in [-0.25, -0.2) is 9.59 Å². The van der Waals surface area contributed by atoms with Crippen LogP contribution < -0.4 is 10.6 Å². The Morgan fingerprint density at radius 1 is 1.04 bits per heavy atom. The number of hydrogen-bond donors (Lipinski definition) is 3. The van der Waals surface area contributed by atoms with E-state index in [0.29, 0.717) is 13.0 Å². The third kappa shape index (κ3) is 10.5. The lowest BCUT2D eigenvalue weighted by atomic mass is 10.1. The Kier molecular flexibility index (Phi) is 8.43. The minimum Gasteiger partial charge on any atom is -0.444 e. The molecule has 0 fully saturated rings. The fourth-order valence-electron chi connectivity index (χ4n) is 2.10. The molecule has 156 valence electrons. The third-order valence-electron chi connectivity index (χ3n) is 3.10. The average molecular weight is 393 g/mol. The molecule has 1 aromatic carbocycles. The first kappa shape index (κ1) is 23.4. The van der Waals surface area contributed by atoms with E-state index in [2.05, 4.69) is 15.6 Å². The quantitative estimate of drug-likeness (QED) is 0.536. The maximum absolute atomic E-state index is 12.0. The van der Waals surface area contributed by atoms with Crippen LogP contribution in [0.2, 0.25) is 0 Å². The summed E-state index contributed by atoms with van der Waals surface area (Å²) in [5, 5.41) is 14.6. The van der Waals surface area contributed by atoms with Crippen LogP contribution in [0.15, 0.2) is 29.3 Å². The number of guanidine groups is 1. The summed E-state index contributed by atoms with van der Waals surface area (Å²) in [6, 6.07) is 7.49. The molecule has 0 aromatic heterocycles. The number of amides is 2. The van der Waals surface area contributed by atoms with Crippen LogP contribution in [0.4, 0.5) is 9.59 Å². The van der Waals surface area contributed by atoms with Gasteiger partial charge < -0.3 is 19.9 Å². The summed E-state index contributed by atoms with van der Waals surface area (Å²) < 4.78 is 10.4. The van der Waals surface area contributed by atoms with Crippen molar-refractivity contribution in [2.75, 3.05) is 6.54 Å². The molecule has 0 saturated carbocycles. The zero-order valence-electron chi connectivity index (χ0n) is 17.5. The van der Waals surface area contributed by atoms with E-state index < -0.39 is 23.4 Å². The average Bonchev–Trinajstić information content (AvgIpc) is 2.51. The summed E-state index contributed by atoms with van der Waals surface area (Å²) in [4.78, 5) is 27.8. The van der Waals surface area contributed by atoms with Gasteiger partial charge in [0, 0.05) is 6.54 Å². The van der Waals surface area contributed by atoms with Gasteiger partial charge in [-0.1, -0.05) is 24.3 Å². The molecule has 28 heavy (non-hydrogen) atoms. The van der Waals surface area contributed by atoms with Crippen molar-refractivity contribution in [1.82, 2.24) is 10.6 Å². The zero-order chi connectivity index (χ0) is 21.4. The molecular formula is C20H31N3O5. The zero-order valence-corrected chi connectivity index (χ0v) is 17.5. The number of alkyl carbamates (subject to hydrolysis) is 1. The van der Waals surface area contributed by atoms with Gasteiger partial charge in [-0.05, 0) is 59.1 Å². The first-order valence-corrected chi connectivity index (χ1v) is 9.12. The molecular weight excluding hydrogens is 362 g/mol. The molecule has 0 unspecified atom stereocenters. The molecule has 0 radical (unpaired) electrons. The first-order valence-electron chi connectivity index (χ1n) is 9.12. The van der Waals surface area contributed by atoms with Crippen LogP contribution in [0.3, 0.4) is 0 Å². The number of aliphatic hydroxyl groups excluding tert-OH is 1. The van der Waals surface area contributed by atoms with Crippen molar-refractivity contribution in [2.45, 2.75) is 65.8 Å². The Morgan fingerprint density at radius 3 is 2.21 bits per heavy atom. The summed E-state index contributed by atoms with van der Waals surface area (Å²) in [6.45, 7) is 10.7. The smallest absolute Gasteiger partial charge is 0.437 e. The molecule has 8 heteroatoms. The molecule has 0 atom stereocenters. The van der Waals surface area contributed by atoms with Gasteiger partial charge in [0.2, 0.25) is 5.96 Å². The number of hydrogen-bond acceptors (Lipinski definition) is 5. The Balaban J connectivity index is 2.78. The van der Waals surface area contributed by atoms with Gasteiger partial charge in [-0.2, -0.15) is 0 Å². The van der Waals surface area contributed by atoms with Crippen molar-refractivity contribution in [3.8, 4) is 0 Å². The van der Waals surface area contributed by atoms with E-state index in [0.717, 1.165) is 11.1 Å². The number of aliphatic hydroxyl groups is 1. The maximum Gasteiger partial charge on any atom is 0.437 e. The van der Waals surface area contributed by atoms with Crippen molar-refractivity contribution in [3.63, 3.8) is 0 Å². The van der Waals surface area contributed by atoms with Crippen LogP contribution in [-0.4, -0.2) is 41.0 Å². The lowest BCUT2D eigenvalue weighted by molar-refractivity contribution is 0.0560. The highest BCUT2D eigenvalue weighted by atomic mass is 16.6. The van der Waals surface area contributed by atoms with Crippen molar-refractivity contribution >= 4 is 18.1 Å². The summed E-state index contributed by atoms with van der Waals surface area (Å²) in [6.07, 6.45) is -0.963. The minimum absolute atomic E-state index is 0.0349. The highest BCUT2D eigenvalue weighted by molar-refractivity contribution is 5.98. The normalized spacial score (nSPS) is 12.3. The number of aliphatic imine (C=N–C) groups is 1. The van der Waals surface area contributed by atoms with E-state index in [1.54, 1.807) is 41.5 Å². The Bertz CT molecular complexity index is 703. The highest BCUT2D eigenvalue weighted by Crippen LogP contribution is 2.09. The van der Waals surface area contributed by atoms with Gasteiger partial charge in [-0.15, -0.1) is 4.99 Å². The minimum atomic E-state index is -0.826. The van der Waals surface area contributed by atoms with Gasteiger partial charge in [0.15, 0.2) is 0 Å². The van der Waals surface area contributed by atoms with Gasteiger partial charge >= 0.3 is 12.2 Å². The molecule has 2 amide bonds. The fraction of sp³-hybridized carbons (Fsp3) is 0.550. The second kappa shape index (κ2) is 10.1. The van der Waals surface area contributed by atoms with Gasteiger partial charge in [0.05, 0.1) is 6.61 Å². The number of rotatable bonds is 4. The van der Waals surface area contributed by atoms with Gasteiger partial charge in [0.1, 0.15) is 11.2 Å². The standard InChI is InChI=1S/C20H31N3O5/c1-19(2,3)27-17(25)22-16(23-18(26)28-20(4,5)6)21-11-10-14-8-7-9-15(12-14)13-24/h7-9,12,24H,10-11,13H2,1-6H3,(H2,21,22,23,25,26). The molecule has 0 saturated heterocycles. The lowest BCUT2D eigenvalue weighted by Gasteiger charge is -2.21. The Morgan fingerprint density at radius 2 is 1.64 bits per heavy atom. The molecule has 1 aromatic rings. The van der Waals surface area contributed by atoms with Crippen LogP contribution in [0, 0.1) is 0 Å². The molecule has 3 N–H and O–H groups in total. The van der Waals surface area contributed by atoms with Gasteiger partial charge in [0.25, 0.3) is 0 Å². The number of carbonyl (C=O) groups is 2. The molecule has 8 nitrogen and oxygen atoms in total. The number of benzene rings is 1. The Labute approximate surface area is 166 Å². The highest BCUT2D eigenvalue weighted by Gasteiger charge is 2.20. The summed E-state index contributed by atoms with van der Waals surface area (Å²) >= 11 is 0. The van der Waals surface area contributed by atoms with Crippen molar-refractivity contribution < 1.29 is 24.2 Å². The van der Waals surface area contributed by atoms with E-state index in [1.807, 2.05) is 24.3 Å². The van der Waals surface area contributed by atoms with E-state index in [1.165, 1.54) is 0 Å². The predicted molar refractivity (Wildman–Crippen MR) is 107 cm³/mol. The monoisotopic (exact) mass is 393 g/mol. The van der Waals surface area contributed by atoms with Crippen LogP contribution in [0.5, 0.6) is 0 Å². The molecule has 0 bridgehead atoms. The summed E-state index contributed by atoms with van der Waals surface area (Å²) in [5.41, 5.74) is 0.411. The SMILES string of the molecule is CC(C)(C)OC(=O)N=C(NCCc1cccc(CO)c1)NC(=O)OC(C)(C)C. The molecule has 0 aliphatic rings. The van der Waals surface area contributed by atoms with E-state index in [-0.39, 0.29) is 12.6 Å². The van der Waals surface area contributed by atoms with Crippen LogP contribution in [0.1, 0.15) is 52.7 Å². The number of carbonyl (C=O) groups excluding carboxylic acids is 2. The molecule has 0 heterocycles. The van der Waals surface area contributed by atoms with Crippen LogP contribution >= 0.6 is 0 Å². The number of ether oxygens (including phenoxy) is 2. The molecule has 0 aliphatic carbocycles. The van der Waals surface area contributed by atoms with Crippen LogP contribution in [0.25, 0.3) is 0 Å². The first-order chi connectivity index (χ1) is 12.9. The predicted octanol–water partition coefficient (Wildman–Crippen LogP) is 3.13. The second-order valence-electron chi connectivity index (χ2n) is 8.22. The van der Waals surface area contributed by atoms with Crippen molar-refractivity contribution in [2.24, 2.45) is 4.99 Å². The van der Waals surface area contributed by atoms with E-state index in [9.17, 15) is 14.7 Å². The van der Waals surface area contributed by atoms with E-state index >= 15 is 0 Å². The summed E-state index contributed by atoms with van der Waals surface area (Å²) in [5.74, 6) is -0.0539. The van der Waals surface area contributed by atoms with Crippen molar-refractivity contribution in [1.29, 1.82) is 0 Å². The van der Waals surface area contributed by atoms with Crippen LogP contribution in [-0.2, 0) is 22.5 Å². The van der Waals surface area contributed by atoms with Crippen molar-refractivity contribution in [3.05, 3.63) is 35.4 Å². The fourth-order valence-corrected chi connectivity index (χ4v) is 2.10. The van der Waals surface area contributed by atoms with E-state index in [4.69, 9.17) is 9.47 Å². The maximum atomic E-state index is 12.0. The largest absolute Gasteiger partial charge is 0.444 e. The number of nitrogens with one attached hydrogen (secondary N) is 2. The third-order valence-corrected chi connectivity index (χ3v) is 3.10. The molecule has 1 rings (SSSR count). The van der Waals surface area contributed by atoms with Gasteiger partial charge in [-0.3, -0.25) is 5.32 Å².